The van der Waals surface area contributed by atoms with Crippen molar-refractivity contribution in [3.63, 3.8) is 0 Å². The molecule has 1 rings (SSSR count). The Bertz CT molecular complexity index is 359. The van der Waals surface area contributed by atoms with E-state index >= 15 is 0 Å². The maximum atomic E-state index is 12.0. The van der Waals surface area contributed by atoms with Gasteiger partial charge in [0.25, 0.3) is 5.91 Å². The van der Waals surface area contributed by atoms with Gasteiger partial charge in [-0.2, -0.15) is 5.10 Å². The first kappa shape index (κ1) is 12.7. The van der Waals surface area contributed by atoms with E-state index in [9.17, 15) is 4.79 Å². The number of hydrogen-bond acceptors (Lipinski definition) is 3. The van der Waals surface area contributed by atoms with Crippen molar-refractivity contribution in [2.24, 2.45) is 7.05 Å². The predicted molar refractivity (Wildman–Crippen MR) is 63.4 cm³/mol. The summed E-state index contributed by atoms with van der Waals surface area (Å²) >= 11 is 0. The lowest BCUT2D eigenvalue weighted by Gasteiger charge is -2.16. The normalized spacial score (nSPS) is 10.5. The minimum Gasteiger partial charge on any atom is -0.340 e. The van der Waals surface area contributed by atoms with Gasteiger partial charge in [-0.1, -0.05) is 0 Å². The summed E-state index contributed by atoms with van der Waals surface area (Å²) in [5, 5.41) is 7.23. The van der Waals surface area contributed by atoms with Crippen LogP contribution in [0.4, 0.5) is 0 Å². The molecular formula is C11H20N4O. The summed E-state index contributed by atoms with van der Waals surface area (Å²) in [4.78, 5) is 13.7. The molecule has 1 aromatic rings. The fourth-order valence-corrected chi connectivity index (χ4v) is 1.60. The lowest BCUT2D eigenvalue weighted by atomic mass is 10.3. The summed E-state index contributed by atoms with van der Waals surface area (Å²) in [6, 6.07) is 1.82. The van der Waals surface area contributed by atoms with Crippen molar-refractivity contribution in [1.29, 1.82) is 0 Å². The van der Waals surface area contributed by atoms with Crippen LogP contribution in [-0.4, -0.2) is 47.8 Å². The first-order chi connectivity index (χ1) is 7.56. The predicted octanol–water partition coefficient (Wildman–Crippen LogP) is 0.410. The Morgan fingerprint density at radius 1 is 1.62 bits per heavy atom. The summed E-state index contributed by atoms with van der Waals surface area (Å²) in [7, 11) is 5.52. The maximum absolute atomic E-state index is 12.0. The molecule has 0 bridgehead atoms. The van der Waals surface area contributed by atoms with Crippen LogP contribution < -0.4 is 5.32 Å². The molecule has 0 radical (unpaired) electrons. The van der Waals surface area contributed by atoms with Crippen LogP contribution in [0.2, 0.25) is 0 Å². The van der Waals surface area contributed by atoms with Gasteiger partial charge >= 0.3 is 0 Å². The lowest BCUT2D eigenvalue weighted by Crippen LogP contribution is -2.30. The molecule has 5 heteroatoms. The fraction of sp³-hybridized carbons (Fsp3) is 0.636. The number of rotatable bonds is 5. The zero-order chi connectivity index (χ0) is 12.1. The summed E-state index contributed by atoms with van der Waals surface area (Å²) in [5.41, 5.74) is 1.51. The number of nitrogens with one attached hydrogen (secondary N) is 1. The molecule has 1 aromatic heterocycles. The van der Waals surface area contributed by atoms with E-state index in [1.54, 1.807) is 16.6 Å². The maximum Gasteiger partial charge on any atom is 0.271 e. The van der Waals surface area contributed by atoms with Crippen molar-refractivity contribution < 1.29 is 4.79 Å². The second-order valence-electron chi connectivity index (χ2n) is 3.98. The molecular weight excluding hydrogens is 204 g/mol. The number of carbonyl (C=O) groups excluding carboxylic acids is 1. The summed E-state index contributed by atoms with van der Waals surface area (Å²) in [5.74, 6) is 0.0270. The molecule has 1 amide bonds. The molecule has 1 heterocycles. The van der Waals surface area contributed by atoms with Gasteiger partial charge in [0.15, 0.2) is 0 Å². The average molecular weight is 224 g/mol. The second-order valence-corrected chi connectivity index (χ2v) is 3.98. The fourth-order valence-electron chi connectivity index (χ4n) is 1.60. The standard InChI is InChI=1S/C11H20N4O/c1-9-8-10(15(4)13-9)11(16)14(3)7-5-6-12-2/h8,12H,5-7H2,1-4H3. The van der Waals surface area contributed by atoms with Gasteiger partial charge in [0, 0.05) is 20.6 Å². The summed E-state index contributed by atoms with van der Waals surface area (Å²) in [6.45, 7) is 3.56. The molecule has 0 unspecified atom stereocenters. The molecule has 0 atom stereocenters. The zero-order valence-corrected chi connectivity index (χ0v) is 10.4. The third kappa shape index (κ3) is 3.06. The first-order valence-corrected chi connectivity index (χ1v) is 5.47. The Labute approximate surface area is 96.4 Å². The number of carbonyl (C=O) groups is 1. The van der Waals surface area contributed by atoms with Gasteiger partial charge in [0.2, 0.25) is 0 Å². The average Bonchev–Trinajstić information content (AvgIpc) is 2.57. The molecule has 0 saturated heterocycles. The number of hydrogen-bond donors (Lipinski definition) is 1. The monoisotopic (exact) mass is 224 g/mol. The topological polar surface area (TPSA) is 50.2 Å². The van der Waals surface area contributed by atoms with Crippen LogP contribution in [0.25, 0.3) is 0 Å². The van der Waals surface area contributed by atoms with E-state index in [1.165, 1.54) is 0 Å². The minimum atomic E-state index is 0.0270. The van der Waals surface area contributed by atoms with Crippen molar-refractivity contribution in [2.75, 3.05) is 27.2 Å². The van der Waals surface area contributed by atoms with Crippen LogP contribution in [0.15, 0.2) is 6.07 Å². The van der Waals surface area contributed by atoms with Crippen molar-refractivity contribution >= 4 is 5.91 Å². The molecule has 90 valence electrons. The Morgan fingerprint density at radius 2 is 2.31 bits per heavy atom. The zero-order valence-electron chi connectivity index (χ0n) is 10.4. The van der Waals surface area contributed by atoms with Crippen molar-refractivity contribution in [1.82, 2.24) is 20.0 Å². The van der Waals surface area contributed by atoms with E-state index in [1.807, 2.05) is 27.1 Å². The summed E-state index contributed by atoms with van der Waals surface area (Å²) < 4.78 is 1.63. The number of amides is 1. The lowest BCUT2D eigenvalue weighted by molar-refractivity contribution is 0.0783. The van der Waals surface area contributed by atoms with Crippen LogP contribution >= 0.6 is 0 Å². The Hall–Kier alpha value is -1.36. The smallest absolute Gasteiger partial charge is 0.271 e. The minimum absolute atomic E-state index is 0.0270. The molecule has 0 aliphatic heterocycles. The van der Waals surface area contributed by atoms with Gasteiger partial charge in [-0.15, -0.1) is 0 Å². The number of aryl methyl sites for hydroxylation is 2. The van der Waals surface area contributed by atoms with E-state index in [0.29, 0.717) is 5.69 Å². The molecule has 0 saturated carbocycles. The van der Waals surface area contributed by atoms with E-state index in [4.69, 9.17) is 0 Å². The Kier molecular flexibility index (Phi) is 4.49. The Balaban J connectivity index is 2.60. The quantitative estimate of drug-likeness (QED) is 0.737. The van der Waals surface area contributed by atoms with Gasteiger partial charge in [-0.25, -0.2) is 0 Å². The van der Waals surface area contributed by atoms with E-state index < -0.39 is 0 Å². The molecule has 1 N–H and O–H groups in total. The first-order valence-electron chi connectivity index (χ1n) is 5.47. The highest BCUT2D eigenvalue weighted by atomic mass is 16.2. The van der Waals surface area contributed by atoms with Gasteiger partial charge in [-0.3, -0.25) is 9.48 Å². The van der Waals surface area contributed by atoms with E-state index in [0.717, 1.165) is 25.2 Å². The largest absolute Gasteiger partial charge is 0.340 e. The molecule has 0 aliphatic carbocycles. The van der Waals surface area contributed by atoms with Crippen LogP contribution in [0.5, 0.6) is 0 Å². The highest BCUT2D eigenvalue weighted by molar-refractivity contribution is 5.92. The van der Waals surface area contributed by atoms with Crippen LogP contribution in [0.1, 0.15) is 22.6 Å². The van der Waals surface area contributed by atoms with Gasteiger partial charge < -0.3 is 10.2 Å². The van der Waals surface area contributed by atoms with Gasteiger partial charge in [0.05, 0.1) is 5.69 Å². The molecule has 0 spiro atoms. The van der Waals surface area contributed by atoms with E-state index in [2.05, 4.69) is 10.4 Å². The van der Waals surface area contributed by atoms with Crippen molar-refractivity contribution in [3.8, 4) is 0 Å². The van der Waals surface area contributed by atoms with E-state index in [-0.39, 0.29) is 5.91 Å². The SMILES string of the molecule is CNCCCN(C)C(=O)c1cc(C)nn1C. The third-order valence-corrected chi connectivity index (χ3v) is 2.49. The van der Waals surface area contributed by atoms with Crippen LogP contribution in [-0.2, 0) is 7.05 Å². The number of nitrogens with zero attached hydrogens (tertiary/aromatic N) is 3. The second kappa shape index (κ2) is 5.65. The summed E-state index contributed by atoms with van der Waals surface area (Å²) in [6.07, 6.45) is 0.954. The molecule has 0 aliphatic rings. The Morgan fingerprint density at radius 3 is 2.81 bits per heavy atom. The van der Waals surface area contributed by atoms with Crippen molar-refractivity contribution in [3.05, 3.63) is 17.5 Å². The number of aromatic nitrogens is 2. The third-order valence-electron chi connectivity index (χ3n) is 2.49. The highest BCUT2D eigenvalue weighted by Crippen LogP contribution is 2.05. The molecule has 0 aromatic carbocycles. The van der Waals surface area contributed by atoms with Gasteiger partial charge in [-0.05, 0) is 33.0 Å². The highest BCUT2D eigenvalue weighted by Gasteiger charge is 2.15. The molecule has 16 heavy (non-hydrogen) atoms. The van der Waals surface area contributed by atoms with Gasteiger partial charge in [0.1, 0.15) is 5.69 Å². The molecule has 0 fully saturated rings. The van der Waals surface area contributed by atoms with Crippen molar-refractivity contribution in [2.45, 2.75) is 13.3 Å². The van der Waals surface area contributed by atoms with Crippen LogP contribution in [0.3, 0.4) is 0 Å². The van der Waals surface area contributed by atoms with Crippen LogP contribution in [0, 0.1) is 6.92 Å². The molecule has 5 nitrogen and oxygen atoms in total.